The van der Waals surface area contributed by atoms with Crippen molar-refractivity contribution in [1.82, 2.24) is 0 Å². The van der Waals surface area contributed by atoms with E-state index < -0.39 is 11.8 Å². The average Bonchev–Trinajstić information content (AvgIpc) is 2.28. The van der Waals surface area contributed by atoms with Crippen molar-refractivity contribution >= 4 is 23.6 Å². The highest BCUT2D eigenvalue weighted by atomic mass is 32.2. The lowest BCUT2D eigenvalue weighted by Crippen LogP contribution is -2.23. The molecule has 0 aliphatic rings. The molecule has 0 fully saturated rings. The fourth-order valence-electron chi connectivity index (χ4n) is 1.80. The molecule has 0 heterocycles. The Kier molecular flexibility index (Phi) is 4.57. The van der Waals surface area contributed by atoms with Gasteiger partial charge in [-0.25, -0.2) is 0 Å². The number of thioether (sulfide) groups is 1. The predicted octanol–water partition coefficient (Wildman–Crippen LogP) is 1.35. The van der Waals surface area contributed by atoms with Gasteiger partial charge in [0.25, 0.3) is 0 Å². The van der Waals surface area contributed by atoms with Gasteiger partial charge in [-0.15, -0.1) is 0 Å². The van der Waals surface area contributed by atoms with Gasteiger partial charge in [-0.05, 0) is 29.6 Å². The van der Waals surface area contributed by atoms with Crippen molar-refractivity contribution in [2.24, 2.45) is 11.5 Å². The van der Waals surface area contributed by atoms with Crippen LogP contribution in [0.2, 0.25) is 0 Å². The number of primary amides is 2. The zero-order valence-corrected chi connectivity index (χ0v) is 10.7. The Morgan fingerprint density at radius 2 is 1.94 bits per heavy atom. The second-order valence-electron chi connectivity index (χ2n) is 3.85. The van der Waals surface area contributed by atoms with Crippen LogP contribution in [-0.4, -0.2) is 23.8 Å². The molecule has 4 nitrogen and oxygen atoms in total. The van der Waals surface area contributed by atoms with Gasteiger partial charge in [0, 0.05) is 0 Å². The van der Waals surface area contributed by atoms with Crippen LogP contribution in [0.4, 0.5) is 0 Å². The number of nitrogens with two attached hydrogens (primary N) is 2. The van der Waals surface area contributed by atoms with Crippen molar-refractivity contribution in [3.05, 3.63) is 34.9 Å². The Labute approximate surface area is 105 Å². The monoisotopic (exact) mass is 252 g/mol. The third-order valence-corrected chi connectivity index (χ3v) is 3.39. The second-order valence-corrected chi connectivity index (χ2v) is 4.77. The molecule has 0 saturated heterocycles. The normalized spacial score (nSPS) is 12.1. The van der Waals surface area contributed by atoms with E-state index in [9.17, 15) is 9.59 Å². The van der Waals surface area contributed by atoms with E-state index in [4.69, 9.17) is 11.5 Å². The first-order valence-electron chi connectivity index (χ1n) is 5.20. The van der Waals surface area contributed by atoms with Crippen LogP contribution in [0.5, 0.6) is 0 Å². The molecule has 0 aliphatic heterocycles. The maximum absolute atomic E-state index is 11.5. The lowest BCUT2D eigenvalue weighted by Gasteiger charge is -2.15. The van der Waals surface area contributed by atoms with Gasteiger partial charge in [0.1, 0.15) is 0 Å². The van der Waals surface area contributed by atoms with E-state index in [2.05, 4.69) is 0 Å². The van der Waals surface area contributed by atoms with Gasteiger partial charge >= 0.3 is 0 Å². The molecule has 0 radical (unpaired) electrons. The number of benzene rings is 1. The van der Waals surface area contributed by atoms with E-state index in [-0.39, 0.29) is 17.0 Å². The summed E-state index contributed by atoms with van der Waals surface area (Å²) >= 11 is 1.67. The number of carbonyl (C=O) groups excluding carboxylic acids is 2. The lowest BCUT2D eigenvalue weighted by atomic mass is 9.92. The Balaban J connectivity index is 3.34. The minimum Gasteiger partial charge on any atom is -0.366 e. The maximum atomic E-state index is 11.5. The first-order chi connectivity index (χ1) is 7.99. The zero-order valence-electron chi connectivity index (χ0n) is 9.90. The fourth-order valence-corrected chi connectivity index (χ4v) is 2.48. The minimum atomic E-state index is -0.628. The summed E-state index contributed by atoms with van der Waals surface area (Å²) in [7, 11) is 0. The van der Waals surface area contributed by atoms with Gasteiger partial charge < -0.3 is 11.5 Å². The molecule has 0 aromatic heterocycles. The molecule has 1 aromatic carbocycles. The van der Waals surface area contributed by atoms with E-state index in [1.165, 1.54) is 6.07 Å². The molecule has 2 amide bonds. The summed E-state index contributed by atoms with van der Waals surface area (Å²) in [5.74, 6) is -0.242. The summed E-state index contributed by atoms with van der Waals surface area (Å²) in [5, 5.41) is 0. The highest BCUT2D eigenvalue weighted by molar-refractivity contribution is 7.98. The van der Waals surface area contributed by atoms with Crippen LogP contribution in [-0.2, 0) is 0 Å². The summed E-state index contributed by atoms with van der Waals surface area (Å²) < 4.78 is 0. The fraction of sp³-hybridized carbons (Fsp3) is 0.333. The molecule has 1 aromatic rings. The zero-order chi connectivity index (χ0) is 13.0. The molecule has 5 heteroatoms. The van der Waals surface area contributed by atoms with Crippen LogP contribution in [0, 0.1) is 0 Å². The van der Waals surface area contributed by atoms with Gasteiger partial charge in [-0.2, -0.15) is 11.8 Å². The smallest absolute Gasteiger partial charge is 0.249 e. The second kappa shape index (κ2) is 5.72. The SMILES string of the molecule is CSC[C@@H](C)c1cccc(C(N)=O)c1C(N)=O. The molecule has 0 saturated carbocycles. The van der Waals surface area contributed by atoms with Gasteiger partial charge in [-0.3, -0.25) is 9.59 Å². The molecular formula is C12H16N2O2S. The Morgan fingerprint density at radius 3 is 2.41 bits per heavy atom. The minimum absolute atomic E-state index is 0.145. The van der Waals surface area contributed by atoms with Crippen molar-refractivity contribution in [2.75, 3.05) is 12.0 Å². The Morgan fingerprint density at radius 1 is 1.29 bits per heavy atom. The van der Waals surface area contributed by atoms with Gasteiger partial charge in [0.15, 0.2) is 0 Å². The summed E-state index contributed by atoms with van der Waals surface area (Å²) in [6.45, 7) is 1.99. The Hall–Kier alpha value is -1.49. The molecule has 0 aliphatic carbocycles. The predicted molar refractivity (Wildman–Crippen MR) is 70.3 cm³/mol. The molecule has 0 bridgehead atoms. The molecule has 1 rings (SSSR count). The van der Waals surface area contributed by atoms with E-state index >= 15 is 0 Å². The first kappa shape index (κ1) is 13.6. The summed E-state index contributed by atoms with van der Waals surface area (Å²) in [6, 6.07) is 5.06. The molecule has 0 unspecified atom stereocenters. The molecule has 17 heavy (non-hydrogen) atoms. The number of amides is 2. The van der Waals surface area contributed by atoms with Crippen molar-refractivity contribution in [3.8, 4) is 0 Å². The van der Waals surface area contributed by atoms with Gasteiger partial charge in [-0.1, -0.05) is 19.1 Å². The third kappa shape index (κ3) is 3.00. The quantitative estimate of drug-likeness (QED) is 0.829. The molecule has 92 valence electrons. The first-order valence-corrected chi connectivity index (χ1v) is 6.59. The van der Waals surface area contributed by atoms with Crippen LogP contribution in [0.1, 0.15) is 39.1 Å². The number of carbonyl (C=O) groups is 2. The van der Waals surface area contributed by atoms with Crippen LogP contribution < -0.4 is 11.5 Å². The van der Waals surface area contributed by atoms with Crippen molar-refractivity contribution in [2.45, 2.75) is 12.8 Å². The van der Waals surface area contributed by atoms with Gasteiger partial charge in [0.05, 0.1) is 11.1 Å². The average molecular weight is 252 g/mol. The molecule has 0 spiro atoms. The number of hydrogen-bond acceptors (Lipinski definition) is 3. The van der Waals surface area contributed by atoms with Crippen LogP contribution >= 0.6 is 11.8 Å². The van der Waals surface area contributed by atoms with Crippen LogP contribution in [0.25, 0.3) is 0 Å². The number of hydrogen-bond donors (Lipinski definition) is 2. The summed E-state index contributed by atoms with van der Waals surface area (Å²) in [4.78, 5) is 22.7. The Bertz CT molecular complexity index is 446. The van der Waals surface area contributed by atoms with Crippen molar-refractivity contribution < 1.29 is 9.59 Å². The number of rotatable bonds is 5. The molecule has 1 atom stereocenters. The van der Waals surface area contributed by atoms with Crippen molar-refractivity contribution in [3.63, 3.8) is 0 Å². The van der Waals surface area contributed by atoms with Crippen LogP contribution in [0.3, 0.4) is 0 Å². The standard InChI is InChI=1S/C12H16N2O2S/c1-7(6-17-2)8-4-3-5-9(11(13)15)10(8)12(14)16/h3-5,7H,6H2,1-2H3,(H2,13,15)(H2,14,16)/t7-/m1/s1. The van der Waals surface area contributed by atoms with Crippen molar-refractivity contribution in [1.29, 1.82) is 0 Å². The molecular weight excluding hydrogens is 236 g/mol. The van der Waals surface area contributed by atoms with E-state index in [0.717, 1.165) is 11.3 Å². The topological polar surface area (TPSA) is 86.2 Å². The molecule has 4 N–H and O–H groups in total. The third-order valence-electron chi connectivity index (χ3n) is 2.56. The summed E-state index contributed by atoms with van der Waals surface area (Å²) in [5.41, 5.74) is 11.8. The lowest BCUT2D eigenvalue weighted by molar-refractivity contribution is 0.0966. The highest BCUT2D eigenvalue weighted by Gasteiger charge is 2.20. The largest absolute Gasteiger partial charge is 0.366 e. The van der Waals surface area contributed by atoms with E-state index in [1.54, 1.807) is 17.8 Å². The maximum Gasteiger partial charge on any atom is 0.249 e. The van der Waals surface area contributed by atoms with Gasteiger partial charge in [0.2, 0.25) is 11.8 Å². The van der Waals surface area contributed by atoms with E-state index in [1.807, 2.05) is 19.2 Å². The van der Waals surface area contributed by atoms with Crippen LogP contribution in [0.15, 0.2) is 18.2 Å². The highest BCUT2D eigenvalue weighted by Crippen LogP contribution is 2.25. The van der Waals surface area contributed by atoms with E-state index in [0.29, 0.717) is 0 Å². The summed E-state index contributed by atoms with van der Waals surface area (Å²) in [6.07, 6.45) is 1.98.